The molecule has 1 aromatic rings. The molecule has 0 spiro atoms. The lowest BCUT2D eigenvalue weighted by Gasteiger charge is -2.36. The molecule has 2 aliphatic rings. The normalized spacial score (nSPS) is 19.0. The second kappa shape index (κ2) is 4.70. The summed E-state index contributed by atoms with van der Waals surface area (Å²) in [7, 11) is 1.53. The molecule has 1 aliphatic heterocycles. The monoisotopic (exact) mass is 391 g/mol. The number of hydrogen-bond acceptors (Lipinski definition) is 3. The molecule has 1 aromatic carbocycles. The van der Waals surface area contributed by atoms with Crippen LogP contribution < -0.4 is 0 Å². The van der Waals surface area contributed by atoms with Gasteiger partial charge in [0.05, 0.1) is 10.5 Å². The highest BCUT2D eigenvalue weighted by molar-refractivity contribution is 9.10. The SMILES string of the molecule is CC(C)(C1CC1)N1Cc2cc(Br)cc(S(=O)(=O)Cl)c2C1=O. The van der Waals surface area contributed by atoms with E-state index >= 15 is 0 Å². The first-order valence-electron chi connectivity index (χ1n) is 6.71. The molecule has 4 nitrogen and oxygen atoms in total. The first-order valence-corrected chi connectivity index (χ1v) is 9.81. The fourth-order valence-corrected chi connectivity index (χ4v) is 4.80. The van der Waals surface area contributed by atoms with Crippen LogP contribution in [0.4, 0.5) is 0 Å². The molecule has 0 N–H and O–H groups in total. The lowest BCUT2D eigenvalue weighted by Crippen LogP contribution is -2.45. The summed E-state index contributed by atoms with van der Waals surface area (Å²) >= 11 is 3.29. The third-order valence-corrected chi connectivity index (χ3v) is 6.27. The number of carbonyl (C=O) groups excluding carboxylic acids is 1. The number of halogens is 2. The van der Waals surface area contributed by atoms with Crippen LogP contribution in [0.15, 0.2) is 21.5 Å². The summed E-state index contributed by atoms with van der Waals surface area (Å²) in [5, 5.41) is 0. The van der Waals surface area contributed by atoms with Crippen LogP contribution in [0.25, 0.3) is 0 Å². The smallest absolute Gasteiger partial charge is 0.262 e. The van der Waals surface area contributed by atoms with Gasteiger partial charge in [-0.1, -0.05) is 15.9 Å². The first-order chi connectivity index (χ1) is 9.62. The Balaban J connectivity index is 2.12. The Morgan fingerprint density at radius 1 is 1.33 bits per heavy atom. The Kier molecular flexibility index (Phi) is 3.43. The second-order valence-corrected chi connectivity index (χ2v) is 9.65. The molecule has 21 heavy (non-hydrogen) atoms. The van der Waals surface area contributed by atoms with Crippen molar-refractivity contribution in [1.29, 1.82) is 0 Å². The molecule has 0 unspecified atom stereocenters. The van der Waals surface area contributed by atoms with Gasteiger partial charge in [-0.2, -0.15) is 0 Å². The topological polar surface area (TPSA) is 54.5 Å². The summed E-state index contributed by atoms with van der Waals surface area (Å²) < 4.78 is 24.1. The van der Waals surface area contributed by atoms with Gasteiger partial charge in [0, 0.05) is 27.2 Å². The zero-order valence-corrected chi connectivity index (χ0v) is 14.8. The Morgan fingerprint density at radius 2 is 1.95 bits per heavy atom. The number of fused-ring (bicyclic) bond motifs is 1. The van der Waals surface area contributed by atoms with E-state index in [-0.39, 0.29) is 21.9 Å². The van der Waals surface area contributed by atoms with Crippen molar-refractivity contribution in [3.8, 4) is 0 Å². The fourth-order valence-electron chi connectivity index (χ4n) is 3.05. The maximum absolute atomic E-state index is 12.7. The maximum Gasteiger partial charge on any atom is 0.262 e. The van der Waals surface area contributed by atoms with E-state index in [4.69, 9.17) is 10.7 Å². The van der Waals surface area contributed by atoms with E-state index < -0.39 is 9.05 Å². The molecule has 0 bridgehead atoms. The number of amides is 1. The Morgan fingerprint density at radius 3 is 2.48 bits per heavy atom. The summed E-state index contributed by atoms with van der Waals surface area (Å²) in [4.78, 5) is 14.4. The van der Waals surface area contributed by atoms with Gasteiger partial charge in [-0.25, -0.2) is 8.42 Å². The second-order valence-electron chi connectivity index (χ2n) is 6.20. The van der Waals surface area contributed by atoms with E-state index in [1.54, 1.807) is 11.0 Å². The van der Waals surface area contributed by atoms with E-state index in [0.717, 1.165) is 12.8 Å². The molecule has 1 amide bonds. The molecule has 1 saturated carbocycles. The van der Waals surface area contributed by atoms with Crippen LogP contribution >= 0.6 is 26.6 Å². The van der Waals surface area contributed by atoms with Crippen LogP contribution in [0.5, 0.6) is 0 Å². The predicted molar refractivity (Wildman–Crippen MR) is 83.9 cm³/mol. The van der Waals surface area contributed by atoms with Gasteiger partial charge in [0.15, 0.2) is 0 Å². The molecule has 7 heteroatoms. The molecular formula is C14H15BrClNO3S. The average Bonchev–Trinajstić information content (AvgIpc) is 3.13. The van der Waals surface area contributed by atoms with Gasteiger partial charge in [0.2, 0.25) is 0 Å². The molecule has 0 aromatic heterocycles. The summed E-state index contributed by atoms with van der Waals surface area (Å²) in [5.41, 5.74) is 0.667. The van der Waals surface area contributed by atoms with E-state index in [1.165, 1.54) is 6.07 Å². The van der Waals surface area contributed by atoms with Gasteiger partial charge in [0.1, 0.15) is 0 Å². The molecule has 1 heterocycles. The van der Waals surface area contributed by atoms with Crippen LogP contribution in [0, 0.1) is 5.92 Å². The highest BCUT2D eigenvalue weighted by atomic mass is 79.9. The highest BCUT2D eigenvalue weighted by Gasteiger charge is 2.48. The lowest BCUT2D eigenvalue weighted by atomic mass is 9.96. The van der Waals surface area contributed by atoms with Crippen molar-refractivity contribution >= 4 is 41.6 Å². The van der Waals surface area contributed by atoms with Crippen molar-refractivity contribution in [2.24, 2.45) is 5.92 Å². The van der Waals surface area contributed by atoms with Crippen molar-refractivity contribution in [2.75, 3.05) is 0 Å². The van der Waals surface area contributed by atoms with Gasteiger partial charge in [-0.15, -0.1) is 0 Å². The molecule has 1 fully saturated rings. The van der Waals surface area contributed by atoms with Gasteiger partial charge in [-0.3, -0.25) is 4.79 Å². The van der Waals surface area contributed by atoms with Gasteiger partial charge < -0.3 is 4.90 Å². The van der Waals surface area contributed by atoms with Crippen molar-refractivity contribution in [3.05, 3.63) is 27.7 Å². The van der Waals surface area contributed by atoms with Gasteiger partial charge in [-0.05, 0) is 50.3 Å². The number of hydrogen-bond donors (Lipinski definition) is 0. The van der Waals surface area contributed by atoms with Crippen LogP contribution in [0.2, 0.25) is 0 Å². The summed E-state index contributed by atoms with van der Waals surface area (Å²) in [6.07, 6.45) is 2.22. The van der Waals surface area contributed by atoms with Crippen molar-refractivity contribution < 1.29 is 13.2 Å². The standard InChI is InChI=1S/C14H15BrClNO3S/c1-14(2,9-3-4-9)17-7-8-5-10(15)6-11(21(16,19)20)12(8)13(17)18/h5-6,9H,3-4,7H2,1-2H3. The van der Waals surface area contributed by atoms with Crippen LogP contribution in [-0.4, -0.2) is 24.8 Å². The third kappa shape index (κ3) is 2.51. The van der Waals surface area contributed by atoms with Gasteiger partial charge in [0.25, 0.3) is 15.0 Å². The largest absolute Gasteiger partial charge is 0.329 e. The van der Waals surface area contributed by atoms with Crippen LogP contribution in [-0.2, 0) is 15.6 Å². The van der Waals surface area contributed by atoms with Crippen LogP contribution in [0.3, 0.4) is 0 Å². The summed E-state index contributed by atoms with van der Waals surface area (Å²) in [6, 6.07) is 3.19. The average molecular weight is 393 g/mol. The minimum absolute atomic E-state index is 0.104. The molecule has 0 atom stereocenters. The van der Waals surface area contributed by atoms with Crippen LogP contribution in [0.1, 0.15) is 42.6 Å². The van der Waals surface area contributed by atoms with Crippen molar-refractivity contribution in [1.82, 2.24) is 4.90 Å². The van der Waals surface area contributed by atoms with E-state index in [1.807, 2.05) is 13.8 Å². The zero-order chi connectivity index (χ0) is 15.6. The summed E-state index contributed by atoms with van der Waals surface area (Å²) in [5.74, 6) is 0.240. The minimum Gasteiger partial charge on any atom is -0.329 e. The molecule has 0 radical (unpaired) electrons. The molecule has 0 saturated heterocycles. The third-order valence-electron chi connectivity index (χ3n) is 4.47. The predicted octanol–water partition coefficient (Wildman–Crippen LogP) is 3.52. The maximum atomic E-state index is 12.7. The number of rotatable bonds is 3. The van der Waals surface area contributed by atoms with Crippen molar-refractivity contribution in [3.63, 3.8) is 0 Å². The Hall–Kier alpha value is -0.590. The summed E-state index contributed by atoms with van der Waals surface area (Å²) in [6.45, 7) is 4.51. The Labute approximate surface area is 137 Å². The van der Waals surface area contributed by atoms with E-state index in [0.29, 0.717) is 22.5 Å². The molecular weight excluding hydrogens is 378 g/mol. The first kappa shape index (κ1) is 15.3. The zero-order valence-electron chi connectivity index (χ0n) is 11.7. The molecule has 3 rings (SSSR count). The fraction of sp³-hybridized carbons (Fsp3) is 0.500. The highest BCUT2D eigenvalue weighted by Crippen LogP contribution is 2.46. The van der Waals surface area contributed by atoms with E-state index in [9.17, 15) is 13.2 Å². The number of benzene rings is 1. The lowest BCUT2D eigenvalue weighted by molar-refractivity contribution is 0.0521. The minimum atomic E-state index is -3.96. The van der Waals surface area contributed by atoms with Gasteiger partial charge >= 0.3 is 0 Å². The molecule has 114 valence electrons. The Bertz CT molecular complexity index is 741. The molecule has 1 aliphatic carbocycles. The van der Waals surface area contributed by atoms with E-state index in [2.05, 4.69) is 15.9 Å². The van der Waals surface area contributed by atoms with Crippen molar-refractivity contribution in [2.45, 2.75) is 43.7 Å². The number of carbonyl (C=O) groups is 1. The quantitative estimate of drug-likeness (QED) is 0.740. The number of nitrogens with zero attached hydrogens (tertiary/aromatic N) is 1.